The topological polar surface area (TPSA) is 53.7 Å². The van der Waals surface area contributed by atoms with Crippen molar-refractivity contribution in [1.29, 1.82) is 0 Å². The fourth-order valence-corrected chi connectivity index (χ4v) is 3.26. The minimum absolute atomic E-state index is 0.534. The first-order valence-electron chi connectivity index (χ1n) is 8.60. The summed E-state index contributed by atoms with van der Waals surface area (Å²) in [4.78, 5) is 4.72. The van der Waals surface area contributed by atoms with Gasteiger partial charge in [-0.05, 0) is 48.0 Å². The summed E-state index contributed by atoms with van der Waals surface area (Å²) >= 11 is 5.98. The molecule has 28 heavy (non-hydrogen) atoms. The van der Waals surface area contributed by atoms with Crippen LogP contribution < -0.4 is 14.2 Å². The van der Waals surface area contributed by atoms with Crippen LogP contribution in [0.4, 0.5) is 0 Å². The monoisotopic (exact) mass is 395 g/mol. The normalized spacial score (nSPS) is 10.9. The molecule has 0 radical (unpaired) electrons. The molecule has 0 unspecified atom stereocenters. The van der Waals surface area contributed by atoms with E-state index in [4.69, 9.17) is 35.2 Å². The lowest BCUT2D eigenvalue weighted by Gasteiger charge is -2.14. The molecule has 142 valence electrons. The van der Waals surface area contributed by atoms with Gasteiger partial charge < -0.3 is 18.6 Å². The van der Waals surface area contributed by atoms with Crippen molar-refractivity contribution in [3.8, 4) is 39.8 Å². The number of methoxy groups -OCH3 is 3. The van der Waals surface area contributed by atoms with E-state index in [2.05, 4.69) is 0 Å². The predicted molar refractivity (Wildman–Crippen MR) is 110 cm³/mol. The van der Waals surface area contributed by atoms with Gasteiger partial charge in [0.25, 0.3) is 0 Å². The standard InChI is InChI=1S/C22H18ClNO4/c1-25-18-11-14(12-19(26-2)21(18)27-3)16-5-4-6-17-20(16)24-22(28-17)13-7-9-15(23)10-8-13/h4-12H,1-3H3. The van der Waals surface area contributed by atoms with E-state index >= 15 is 0 Å². The van der Waals surface area contributed by atoms with Gasteiger partial charge >= 0.3 is 0 Å². The van der Waals surface area contributed by atoms with Gasteiger partial charge in [0.2, 0.25) is 11.6 Å². The van der Waals surface area contributed by atoms with Gasteiger partial charge in [0.15, 0.2) is 17.1 Å². The quantitative estimate of drug-likeness (QED) is 0.424. The molecule has 0 saturated heterocycles. The maximum absolute atomic E-state index is 5.98. The fraction of sp³-hybridized carbons (Fsp3) is 0.136. The maximum Gasteiger partial charge on any atom is 0.227 e. The Morgan fingerprint density at radius 3 is 2.11 bits per heavy atom. The molecule has 0 aliphatic carbocycles. The molecule has 0 spiro atoms. The van der Waals surface area contributed by atoms with Crippen LogP contribution >= 0.6 is 11.6 Å². The van der Waals surface area contributed by atoms with E-state index in [0.29, 0.717) is 33.7 Å². The van der Waals surface area contributed by atoms with Crippen molar-refractivity contribution in [3.05, 3.63) is 59.6 Å². The zero-order chi connectivity index (χ0) is 19.7. The van der Waals surface area contributed by atoms with E-state index in [0.717, 1.165) is 22.2 Å². The van der Waals surface area contributed by atoms with Crippen molar-refractivity contribution in [2.24, 2.45) is 0 Å². The second kappa shape index (κ2) is 7.44. The van der Waals surface area contributed by atoms with Gasteiger partial charge in [-0.25, -0.2) is 4.98 Å². The van der Waals surface area contributed by atoms with Crippen LogP contribution in [0.25, 0.3) is 33.7 Å². The summed E-state index contributed by atoms with van der Waals surface area (Å²) in [6.07, 6.45) is 0. The van der Waals surface area contributed by atoms with E-state index in [1.807, 2.05) is 54.6 Å². The number of hydrogen-bond donors (Lipinski definition) is 0. The van der Waals surface area contributed by atoms with Crippen LogP contribution in [0.3, 0.4) is 0 Å². The molecule has 6 heteroatoms. The van der Waals surface area contributed by atoms with E-state index in [1.165, 1.54) is 0 Å². The first-order valence-corrected chi connectivity index (χ1v) is 8.98. The van der Waals surface area contributed by atoms with E-state index in [-0.39, 0.29) is 0 Å². The lowest BCUT2D eigenvalue weighted by Crippen LogP contribution is -1.96. The summed E-state index contributed by atoms with van der Waals surface area (Å²) in [6.45, 7) is 0. The number of rotatable bonds is 5. The minimum atomic E-state index is 0.534. The molecule has 0 aliphatic rings. The second-order valence-corrected chi connectivity index (χ2v) is 6.53. The SMILES string of the molecule is COc1cc(-c2cccc3oc(-c4ccc(Cl)cc4)nc23)cc(OC)c1OC. The third-order valence-electron chi connectivity index (χ3n) is 4.49. The van der Waals surface area contributed by atoms with E-state index in [9.17, 15) is 0 Å². The Morgan fingerprint density at radius 1 is 0.821 bits per heavy atom. The van der Waals surface area contributed by atoms with Crippen LogP contribution in [0.2, 0.25) is 5.02 Å². The van der Waals surface area contributed by atoms with Crippen molar-refractivity contribution < 1.29 is 18.6 Å². The average Bonchev–Trinajstić information content (AvgIpc) is 3.17. The second-order valence-electron chi connectivity index (χ2n) is 6.09. The number of ether oxygens (including phenoxy) is 3. The molecule has 4 rings (SSSR count). The Kier molecular flexibility index (Phi) is 4.84. The van der Waals surface area contributed by atoms with Crippen LogP contribution in [-0.4, -0.2) is 26.3 Å². The molecule has 1 aromatic heterocycles. The molecule has 0 bridgehead atoms. The largest absolute Gasteiger partial charge is 0.493 e. The first kappa shape index (κ1) is 18.2. The highest BCUT2D eigenvalue weighted by molar-refractivity contribution is 6.30. The summed E-state index contributed by atoms with van der Waals surface area (Å²) in [5.74, 6) is 2.24. The highest BCUT2D eigenvalue weighted by Gasteiger charge is 2.18. The summed E-state index contributed by atoms with van der Waals surface area (Å²) in [7, 11) is 4.77. The van der Waals surface area contributed by atoms with Crippen molar-refractivity contribution in [1.82, 2.24) is 4.98 Å². The van der Waals surface area contributed by atoms with E-state index < -0.39 is 0 Å². The Labute approximate surface area is 167 Å². The number of hydrogen-bond acceptors (Lipinski definition) is 5. The van der Waals surface area contributed by atoms with Crippen LogP contribution in [0.1, 0.15) is 0 Å². The highest BCUT2D eigenvalue weighted by Crippen LogP contribution is 2.42. The Morgan fingerprint density at radius 2 is 1.50 bits per heavy atom. The van der Waals surface area contributed by atoms with Crippen molar-refractivity contribution in [2.75, 3.05) is 21.3 Å². The van der Waals surface area contributed by atoms with Gasteiger partial charge in [0, 0.05) is 16.1 Å². The summed E-state index contributed by atoms with van der Waals surface area (Å²) in [5.41, 5.74) is 4.09. The molecular formula is C22H18ClNO4. The smallest absolute Gasteiger partial charge is 0.227 e. The van der Waals surface area contributed by atoms with E-state index in [1.54, 1.807) is 21.3 Å². The third kappa shape index (κ3) is 3.14. The van der Waals surface area contributed by atoms with Gasteiger partial charge in [-0.15, -0.1) is 0 Å². The van der Waals surface area contributed by atoms with Crippen molar-refractivity contribution >= 4 is 22.7 Å². The van der Waals surface area contributed by atoms with Crippen LogP contribution in [0.5, 0.6) is 17.2 Å². The molecule has 0 atom stereocenters. The first-order chi connectivity index (χ1) is 13.6. The number of oxazole rings is 1. The maximum atomic E-state index is 5.98. The third-order valence-corrected chi connectivity index (χ3v) is 4.74. The summed E-state index contributed by atoms with van der Waals surface area (Å²) in [6, 6.07) is 17.0. The van der Waals surface area contributed by atoms with Gasteiger partial charge in [-0.3, -0.25) is 0 Å². The Balaban J connectivity index is 1.89. The van der Waals surface area contributed by atoms with Gasteiger partial charge in [-0.1, -0.05) is 23.7 Å². The van der Waals surface area contributed by atoms with Crippen molar-refractivity contribution in [2.45, 2.75) is 0 Å². The number of benzene rings is 3. The highest BCUT2D eigenvalue weighted by atomic mass is 35.5. The molecular weight excluding hydrogens is 378 g/mol. The zero-order valence-corrected chi connectivity index (χ0v) is 16.4. The van der Waals surface area contributed by atoms with Crippen LogP contribution in [0.15, 0.2) is 59.0 Å². The average molecular weight is 396 g/mol. The van der Waals surface area contributed by atoms with Crippen LogP contribution in [0, 0.1) is 0 Å². The molecule has 0 aliphatic heterocycles. The van der Waals surface area contributed by atoms with Gasteiger partial charge in [0.1, 0.15) is 5.52 Å². The van der Waals surface area contributed by atoms with Gasteiger partial charge in [0.05, 0.1) is 21.3 Å². The van der Waals surface area contributed by atoms with Crippen LogP contribution in [-0.2, 0) is 0 Å². The number of aromatic nitrogens is 1. The fourth-order valence-electron chi connectivity index (χ4n) is 3.13. The van der Waals surface area contributed by atoms with Gasteiger partial charge in [-0.2, -0.15) is 0 Å². The van der Waals surface area contributed by atoms with Crippen molar-refractivity contribution in [3.63, 3.8) is 0 Å². The molecule has 1 heterocycles. The molecule has 4 aromatic rings. The number of nitrogens with zero attached hydrogens (tertiary/aromatic N) is 1. The number of halogens is 1. The molecule has 0 amide bonds. The Bertz CT molecular complexity index is 1110. The zero-order valence-electron chi connectivity index (χ0n) is 15.7. The minimum Gasteiger partial charge on any atom is -0.493 e. The molecule has 0 fully saturated rings. The summed E-state index contributed by atoms with van der Waals surface area (Å²) in [5, 5.41) is 0.665. The molecule has 0 saturated carbocycles. The molecule has 0 N–H and O–H groups in total. The lowest BCUT2D eigenvalue weighted by atomic mass is 10.0. The number of fused-ring (bicyclic) bond motifs is 1. The lowest BCUT2D eigenvalue weighted by molar-refractivity contribution is 0.324. The number of para-hydroxylation sites is 1. The Hall–Kier alpha value is -3.18. The molecule has 5 nitrogen and oxygen atoms in total. The molecule has 3 aromatic carbocycles. The summed E-state index contributed by atoms with van der Waals surface area (Å²) < 4.78 is 22.3. The predicted octanol–water partition coefficient (Wildman–Crippen LogP) is 5.84.